The van der Waals surface area contributed by atoms with E-state index in [2.05, 4.69) is 16.2 Å². The molecule has 0 aromatic rings. The van der Waals surface area contributed by atoms with Gasteiger partial charge in [0.15, 0.2) is 0 Å². The lowest BCUT2D eigenvalue weighted by molar-refractivity contribution is -0.157. The standard InChI is InChI=1S/C19H33N3O7/c1-11(2)15(20-18(26)29-19(4,5)6)16(28-12(3)23)17(25)22-21-14(24)10-27-13-8-7-9-13/h11,13,15-16H,7-10H2,1-6H3,(H,20,26)(H,21,24)(H,22,25). The van der Waals surface area contributed by atoms with Crippen LogP contribution in [0.4, 0.5) is 4.79 Å². The van der Waals surface area contributed by atoms with Crippen LogP contribution in [0.1, 0.15) is 60.8 Å². The third-order valence-electron chi connectivity index (χ3n) is 4.11. The van der Waals surface area contributed by atoms with Crippen LogP contribution in [0, 0.1) is 5.92 Å². The Hall–Kier alpha value is -2.36. The minimum atomic E-state index is -1.37. The molecule has 0 bridgehead atoms. The van der Waals surface area contributed by atoms with Crippen LogP contribution in [0.25, 0.3) is 0 Å². The van der Waals surface area contributed by atoms with E-state index in [-0.39, 0.29) is 18.6 Å². The van der Waals surface area contributed by atoms with Gasteiger partial charge in [0.05, 0.1) is 12.1 Å². The van der Waals surface area contributed by atoms with E-state index < -0.39 is 41.6 Å². The van der Waals surface area contributed by atoms with E-state index in [1.54, 1.807) is 34.6 Å². The first-order valence-corrected chi connectivity index (χ1v) is 9.76. The number of amides is 3. The smallest absolute Gasteiger partial charge is 0.408 e. The van der Waals surface area contributed by atoms with E-state index in [0.29, 0.717) is 0 Å². The van der Waals surface area contributed by atoms with Crippen molar-refractivity contribution >= 4 is 23.9 Å². The van der Waals surface area contributed by atoms with Crippen LogP contribution < -0.4 is 16.2 Å². The maximum absolute atomic E-state index is 12.6. The van der Waals surface area contributed by atoms with Crippen LogP contribution in [0.5, 0.6) is 0 Å². The first kappa shape index (κ1) is 24.7. The zero-order valence-corrected chi connectivity index (χ0v) is 18.0. The van der Waals surface area contributed by atoms with Crippen molar-refractivity contribution in [3.63, 3.8) is 0 Å². The Bertz CT molecular complexity index is 597. The molecule has 0 aromatic carbocycles. The molecule has 10 nitrogen and oxygen atoms in total. The van der Waals surface area contributed by atoms with Gasteiger partial charge in [-0.1, -0.05) is 13.8 Å². The highest BCUT2D eigenvalue weighted by molar-refractivity contribution is 5.87. The van der Waals surface area contributed by atoms with Gasteiger partial charge in [-0.25, -0.2) is 4.79 Å². The van der Waals surface area contributed by atoms with Gasteiger partial charge in [0.25, 0.3) is 11.8 Å². The number of hydrazine groups is 1. The van der Waals surface area contributed by atoms with Crippen LogP contribution in [0.2, 0.25) is 0 Å². The number of alkyl carbamates (subject to hydrolysis) is 1. The maximum Gasteiger partial charge on any atom is 0.408 e. The molecule has 1 fully saturated rings. The zero-order valence-electron chi connectivity index (χ0n) is 18.0. The Morgan fingerprint density at radius 3 is 2.14 bits per heavy atom. The summed E-state index contributed by atoms with van der Waals surface area (Å²) in [5, 5.41) is 2.57. The predicted molar refractivity (Wildman–Crippen MR) is 103 cm³/mol. The average molecular weight is 415 g/mol. The van der Waals surface area contributed by atoms with Gasteiger partial charge in [0.2, 0.25) is 6.10 Å². The summed E-state index contributed by atoms with van der Waals surface area (Å²) < 4.78 is 15.7. The fraction of sp³-hybridized carbons (Fsp3) is 0.789. The monoisotopic (exact) mass is 415 g/mol. The van der Waals surface area contributed by atoms with Gasteiger partial charge in [-0.05, 0) is 46.0 Å². The SMILES string of the molecule is CC(=O)OC(C(=O)NNC(=O)COC1CCC1)C(NC(=O)OC(C)(C)C)C(C)C. The molecule has 166 valence electrons. The molecule has 0 aromatic heterocycles. The number of carbonyl (C=O) groups excluding carboxylic acids is 4. The van der Waals surface area contributed by atoms with Crippen molar-refractivity contribution < 1.29 is 33.4 Å². The van der Waals surface area contributed by atoms with Crippen LogP contribution in [-0.2, 0) is 28.6 Å². The molecule has 1 saturated carbocycles. The van der Waals surface area contributed by atoms with E-state index in [1.807, 2.05) is 0 Å². The van der Waals surface area contributed by atoms with Crippen LogP contribution in [-0.4, -0.2) is 54.3 Å². The second-order valence-electron chi connectivity index (χ2n) is 8.35. The topological polar surface area (TPSA) is 132 Å². The summed E-state index contributed by atoms with van der Waals surface area (Å²) in [5.41, 5.74) is 3.71. The number of hydrogen-bond acceptors (Lipinski definition) is 7. The molecular weight excluding hydrogens is 382 g/mol. The molecule has 10 heteroatoms. The van der Waals surface area contributed by atoms with Gasteiger partial charge in [0, 0.05) is 6.92 Å². The fourth-order valence-electron chi connectivity index (χ4n) is 2.47. The maximum atomic E-state index is 12.6. The highest BCUT2D eigenvalue weighted by atomic mass is 16.6. The fourth-order valence-corrected chi connectivity index (χ4v) is 2.47. The summed E-state index contributed by atoms with van der Waals surface area (Å²) in [7, 11) is 0. The van der Waals surface area contributed by atoms with Crippen molar-refractivity contribution in [2.45, 2.75) is 84.7 Å². The Morgan fingerprint density at radius 1 is 1.07 bits per heavy atom. The molecule has 2 unspecified atom stereocenters. The lowest BCUT2D eigenvalue weighted by Crippen LogP contribution is -2.58. The van der Waals surface area contributed by atoms with Gasteiger partial charge in [-0.2, -0.15) is 0 Å². The molecule has 29 heavy (non-hydrogen) atoms. The molecule has 0 saturated heterocycles. The summed E-state index contributed by atoms with van der Waals surface area (Å²) in [6, 6.07) is -0.878. The van der Waals surface area contributed by atoms with Crippen molar-refractivity contribution in [2.75, 3.05) is 6.61 Å². The van der Waals surface area contributed by atoms with Crippen molar-refractivity contribution in [3.05, 3.63) is 0 Å². The summed E-state index contributed by atoms with van der Waals surface area (Å²) in [6.07, 6.45) is 0.871. The lowest BCUT2D eigenvalue weighted by Gasteiger charge is -2.30. The quantitative estimate of drug-likeness (QED) is 0.401. The van der Waals surface area contributed by atoms with Gasteiger partial charge in [0.1, 0.15) is 12.2 Å². The van der Waals surface area contributed by atoms with Crippen molar-refractivity contribution in [2.24, 2.45) is 5.92 Å². The molecule has 1 rings (SSSR count). The Balaban J connectivity index is 2.71. The molecule has 2 atom stereocenters. The summed E-state index contributed by atoms with van der Waals surface area (Å²) in [6.45, 7) is 9.56. The van der Waals surface area contributed by atoms with Crippen LogP contribution >= 0.6 is 0 Å². The molecule has 0 aliphatic heterocycles. The first-order chi connectivity index (χ1) is 13.4. The first-order valence-electron chi connectivity index (χ1n) is 9.76. The number of hydrogen-bond donors (Lipinski definition) is 3. The highest BCUT2D eigenvalue weighted by Crippen LogP contribution is 2.21. The Morgan fingerprint density at radius 2 is 1.69 bits per heavy atom. The average Bonchev–Trinajstić information content (AvgIpc) is 2.52. The minimum Gasteiger partial charge on any atom is -0.450 e. The number of rotatable bonds is 8. The second-order valence-corrected chi connectivity index (χ2v) is 8.35. The van der Waals surface area contributed by atoms with E-state index in [4.69, 9.17) is 14.2 Å². The molecule has 0 heterocycles. The number of nitrogens with one attached hydrogen (secondary N) is 3. The van der Waals surface area contributed by atoms with Gasteiger partial charge in [-0.15, -0.1) is 0 Å². The molecule has 1 aliphatic carbocycles. The Kier molecular flexibility index (Phi) is 9.35. The molecule has 0 spiro atoms. The summed E-state index contributed by atoms with van der Waals surface area (Å²) in [4.78, 5) is 48.0. The van der Waals surface area contributed by atoms with E-state index in [0.717, 1.165) is 26.2 Å². The number of ether oxygens (including phenoxy) is 3. The highest BCUT2D eigenvalue weighted by Gasteiger charge is 2.36. The lowest BCUT2D eigenvalue weighted by atomic mass is 9.96. The summed E-state index contributed by atoms with van der Waals surface area (Å²) in [5.74, 6) is -2.31. The second kappa shape index (κ2) is 11.0. The summed E-state index contributed by atoms with van der Waals surface area (Å²) >= 11 is 0. The van der Waals surface area contributed by atoms with Crippen molar-refractivity contribution in [1.82, 2.24) is 16.2 Å². The molecular formula is C19H33N3O7. The third-order valence-corrected chi connectivity index (χ3v) is 4.11. The third kappa shape index (κ3) is 9.60. The predicted octanol–water partition coefficient (Wildman–Crippen LogP) is 1.18. The van der Waals surface area contributed by atoms with E-state index in [1.165, 1.54) is 0 Å². The van der Waals surface area contributed by atoms with Gasteiger partial charge >= 0.3 is 12.1 Å². The van der Waals surface area contributed by atoms with Gasteiger partial charge in [-0.3, -0.25) is 25.2 Å². The van der Waals surface area contributed by atoms with Crippen LogP contribution in [0.3, 0.4) is 0 Å². The number of esters is 1. The molecule has 0 radical (unpaired) electrons. The van der Waals surface area contributed by atoms with Gasteiger partial charge < -0.3 is 19.5 Å². The zero-order chi connectivity index (χ0) is 22.2. The molecule has 3 amide bonds. The Labute approximate surface area is 171 Å². The largest absolute Gasteiger partial charge is 0.450 e. The number of carbonyl (C=O) groups is 4. The van der Waals surface area contributed by atoms with Crippen molar-refractivity contribution in [1.29, 1.82) is 0 Å². The molecule has 3 N–H and O–H groups in total. The normalized spacial score (nSPS) is 16.2. The van der Waals surface area contributed by atoms with Crippen LogP contribution in [0.15, 0.2) is 0 Å². The minimum absolute atomic E-state index is 0.0774. The molecule has 1 aliphatic rings. The van der Waals surface area contributed by atoms with E-state index >= 15 is 0 Å². The van der Waals surface area contributed by atoms with Crippen molar-refractivity contribution in [3.8, 4) is 0 Å². The van der Waals surface area contributed by atoms with E-state index in [9.17, 15) is 19.2 Å².